The van der Waals surface area contributed by atoms with Crippen molar-refractivity contribution >= 4 is 12.6 Å². The number of benzene rings is 1. The summed E-state index contributed by atoms with van der Waals surface area (Å²) in [6, 6.07) is 7.57. The summed E-state index contributed by atoms with van der Waals surface area (Å²) in [7, 11) is -1.75. The fraction of sp³-hybridized carbons (Fsp3) is 0.143. The highest BCUT2D eigenvalue weighted by atomic mass is 19.4. The molecule has 0 saturated heterocycles. The van der Waals surface area contributed by atoms with Crippen molar-refractivity contribution in [3.05, 3.63) is 30.3 Å². The molecule has 0 heterocycles. The van der Waals surface area contributed by atoms with Gasteiger partial charge >= 0.3 is 13.5 Å². The quantitative estimate of drug-likeness (QED) is 0.452. The molecule has 1 aromatic carbocycles. The molecule has 0 unspecified atom stereocenters. The van der Waals surface area contributed by atoms with Gasteiger partial charge in [0.15, 0.2) is 0 Å². The monoisotopic (exact) mass is 206 g/mol. The molecule has 0 radical (unpaired) electrons. The van der Waals surface area contributed by atoms with Crippen molar-refractivity contribution in [2.75, 3.05) is 0 Å². The zero-order valence-corrected chi connectivity index (χ0v) is 6.86. The lowest BCUT2D eigenvalue weighted by molar-refractivity contribution is -0.451. The Labute approximate surface area is 78.1 Å². The van der Waals surface area contributed by atoms with Gasteiger partial charge in [0.25, 0.3) is 0 Å². The van der Waals surface area contributed by atoms with Crippen LogP contribution >= 0.6 is 0 Å². The molecule has 0 spiro atoms. The van der Waals surface area contributed by atoms with Crippen LogP contribution in [0.4, 0.5) is 13.2 Å². The number of hydrogen-bond acceptors (Lipinski definition) is 3. The molecule has 0 fully saturated rings. The van der Waals surface area contributed by atoms with E-state index in [4.69, 9.17) is 5.02 Å². The van der Waals surface area contributed by atoms with Gasteiger partial charge in [-0.2, -0.15) is 0 Å². The van der Waals surface area contributed by atoms with Gasteiger partial charge in [-0.1, -0.05) is 30.3 Å². The fourth-order valence-electron chi connectivity index (χ4n) is 0.773. The van der Waals surface area contributed by atoms with E-state index in [2.05, 4.69) is 9.69 Å². The van der Waals surface area contributed by atoms with Crippen molar-refractivity contribution < 1.29 is 27.9 Å². The topological polar surface area (TPSA) is 38.7 Å². The predicted octanol–water partition coefficient (Wildman–Crippen LogP) is 0.842. The highest BCUT2D eigenvalue weighted by Gasteiger charge is 2.33. The number of rotatable bonds is 3. The molecule has 0 aliphatic heterocycles. The van der Waals surface area contributed by atoms with E-state index in [0.717, 1.165) is 0 Å². The van der Waals surface area contributed by atoms with Crippen LogP contribution in [0.3, 0.4) is 0 Å². The summed E-state index contributed by atoms with van der Waals surface area (Å²) in [6.45, 7) is 0. The molecule has 7 heteroatoms. The van der Waals surface area contributed by atoms with Gasteiger partial charge < -0.3 is 5.02 Å². The van der Waals surface area contributed by atoms with E-state index in [9.17, 15) is 13.2 Å². The molecule has 0 amide bonds. The molecule has 76 valence electrons. The Morgan fingerprint density at radius 2 is 1.71 bits per heavy atom. The van der Waals surface area contributed by atoms with E-state index in [1.807, 2.05) is 0 Å². The van der Waals surface area contributed by atoms with Gasteiger partial charge in [0.1, 0.15) is 0 Å². The molecule has 0 aromatic heterocycles. The molecule has 1 rings (SSSR count). The first-order valence-electron chi connectivity index (χ1n) is 3.63. The van der Waals surface area contributed by atoms with Crippen LogP contribution in [0.2, 0.25) is 0 Å². The Morgan fingerprint density at radius 3 is 2.21 bits per heavy atom. The molecule has 0 aliphatic rings. The van der Waals surface area contributed by atoms with E-state index >= 15 is 0 Å². The van der Waals surface area contributed by atoms with E-state index < -0.39 is 13.5 Å². The van der Waals surface area contributed by atoms with Crippen LogP contribution in [-0.4, -0.2) is 18.5 Å². The lowest BCUT2D eigenvalue weighted by atomic mass is 9.80. The molecule has 1 aromatic rings. The molecule has 3 nitrogen and oxygen atoms in total. The van der Waals surface area contributed by atoms with Crippen LogP contribution in [0.1, 0.15) is 0 Å². The summed E-state index contributed by atoms with van der Waals surface area (Å²) < 4.78 is 34.4. The van der Waals surface area contributed by atoms with Crippen LogP contribution < -0.4 is 5.46 Å². The number of hydrogen-bond donors (Lipinski definition) is 1. The minimum absolute atomic E-state index is 0.178. The zero-order valence-electron chi connectivity index (χ0n) is 6.86. The normalized spacial score (nSPS) is 11.4. The lowest BCUT2D eigenvalue weighted by Crippen LogP contribution is -2.35. The molecule has 0 saturated carbocycles. The summed E-state index contributed by atoms with van der Waals surface area (Å²) in [6.07, 6.45) is -4.92. The highest BCUT2D eigenvalue weighted by molar-refractivity contribution is 6.59. The second kappa shape index (κ2) is 4.45. The first-order chi connectivity index (χ1) is 6.49. The lowest BCUT2D eigenvalue weighted by Gasteiger charge is -2.08. The number of halogens is 3. The van der Waals surface area contributed by atoms with Gasteiger partial charge in [-0.15, -0.1) is 18.1 Å². The van der Waals surface area contributed by atoms with Gasteiger partial charge in [-0.25, -0.2) is 0 Å². The molecular weight excluding hydrogens is 200 g/mol. The van der Waals surface area contributed by atoms with E-state index in [1.165, 1.54) is 12.1 Å². The number of alkyl halides is 3. The largest absolute Gasteiger partial charge is 0.548 e. The van der Waals surface area contributed by atoms with Gasteiger partial charge in [-0.05, 0) is 5.46 Å². The highest BCUT2D eigenvalue weighted by Crippen LogP contribution is 2.16. The summed E-state index contributed by atoms with van der Waals surface area (Å²) in [5.74, 6) is 0. The summed E-state index contributed by atoms with van der Waals surface area (Å²) in [5, 5.41) is 9.04. The summed E-state index contributed by atoms with van der Waals surface area (Å²) in [5.41, 5.74) is 0.178. The zero-order chi connectivity index (χ0) is 10.6. The first-order valence-corrected chi connectivity index (χ1v) is 3.63. The second-order valence-corrected chi connectivity index (χ2v) is 2.39. The van der Waals surface area contributed by atoms with Crippen LogP contribution in [0.25, 0.3) is 0 Å². The van der Waals surface area contributed by atoms with Crippen molar-refractivity contribution in [2.45, 2.75) is 6.36 Å². The third kappa shape index (κ3) is 3.78. The Balaban J connectivity index is 2.48. The maximum atomic E-state index is 11.5. The van der Waals surface area contributed by atoms with Crippen molar-refractivity contribution in [2.24, 2.45) is 0 Å². The van der Waals surface area contributed by atoms with Gasteiger partial charge in [0.2, 0.25) is 0 Å². The fourth-order valence-corrected chi connectivity index (χ4v) is 0.773. The smallest absolute Gasteiger partial charge is 0.422 e. The first kappa shape index (κ1) is 11.0. The maximum absolute atomic E-state index is 11.5. The average Bonchev–Trinajstić information content (AvgIpc) is 2.14. The molecule has 1 N–H and O–H groups in total. The van der Waals surface area contributed by atoms with Crippen molar-refractivity contribution in [3.63, 3.8) is 0 Å². The SMILES string of the molecule is OB(OOC(F)(F)F)c1ccccc1. The molecular formula is C7H6BF3O3. The summed E-state index contributed by atoms with van der Waals surface area (Å²) >= 11 is 0. The van der Waals surface area contributed by atoms with Crippen molar-refractivity contribution in [1.82, 2.24) is 0 Å². The van der Waals surface area contributed by atoms with Crippen molar-refractivity contribution in [1.29, 1.82) is 0 Å². The average molecular weight is 206 g/mol. The minimum atomic E-state index is -4.92. The standard InChI is InChI=1S/C7H6BF3O3/c9-7(10,11)13-14-8(12)6-4-2-1-3-5-6/h1-5,12H. The van der Waals surface area contributed by atoms with E-state index in [1.54, 1.807) is 18.2 Å². The maximum Gasteiger partial charge on any atom is 0.548 e. The van der Waals surface area contributed by atoms with Crippen LogP contribution in [0.15, 0.2) is 30.3 Å². The summed E-state index contributed by atoms with van der Waals surface area (Å²) in [4.78, 5) is 6.72. The Kier molecular flexibility index (Phi) is 3.51. The van der Waals surface area contributed by atoms with Crippen molar-refractivity contribution in [3.8, 4) is 0 Å². The Morgan fingerprint density at radius 1 is 1.14 bits per heavy atom. The van der Waals surface area contributed by atoms with Gasteiger partial charge in [-0.3, -0.25) is 4.81 Å². The molecule has 0 aliphatic carbocycles. The van der Waals surface area contributed by atoms with E-state index in [0.29, 0.717) is 0 Å². The van der Waals surface area contributed by atoms with Crippen LogP contribution in [0.5, 0.6) is 0 Å². The van der Waals surface area contributed by atoms with E-state index in [-0.39, 0.29) is 5.46 Å². The molecule has 0 bridgehead atoms. The second-order valence-electron chi connectivity index (χ2n) is 2.39. The third-order valence-electron chi connectivity index (χ3n) is 1.32. The minimum Gasteiger partial charge on any atom is -0.422 e. The predicted molar refractivity (Wildman–Crippen MR) is 42.3 cm³/mol. The Hall–Kier alpha value is -1.05. The molecule has 14 heavy (non-hydrogen) atoms. The van der Waals surface area contributed by atoms with Crippen LogP contribution in [0, 0.1) is 0 Å². The van der Waals surface area contributed by atoms with Gasteiger partial charge in [0, 0.05) is 0 Å². The van der Waals surface area contributed by atoms with Gasteiger partial charge in [0.05, 0.1) is 0 Å². The molecule has 0 atom stereocenters. The Bertz CT molecular complexity index is 277. The van der Waals surface area contributed by atoms with Crippen LogP contribution in [-0.2, 0) is 9.69 Å². The third-order valence-corrected chi connectivity index (χ3v) is 1.32.